The SMILES string of the molecule is C=CCNC(=O)CN(C)CC1CCN(C)C1(C)C. The molecule has 0 spiro atoms. The smallest absolute Gasteiger partial charge is 0.234 e. The Labute approximate surface area is 111 Å². The molecular weight excluding hydrogens is 226 g/mol. The number of nitrogens with one attached hydrogen (secondary N) is 1. The Kier molecular flexibility index (Phi) is 5.35. The number of likely N-dealkylation sites (N-methyl/N-ethyl adjacent to an activating group) is 1. The summed E-state index contributed by atoms with van der Waals surface area (Å²) in [5.74, 6) is 0.696. The zero-order valence-corrected chi connectivity index (χ0v) is 12.2. The minimum absolute atomic E-state index is 0.0709. The van der Waals surface area contributed by atoms with Gasteiger partial charge in [-0.05, 0) is 46.8 Å². The van der Waals surface area contributed by atoms with Crippen LogP contribution in [-0.4, -0.2) is 61.5 Å². The lowest BCUT2D eigenvalue weighted by Crippen LogP contribution is -2.45. The lowest BCUT2D eigenvalue weighted by atomic mass is 9.88. The van der Waals surface area contributed by atoms with Crippen molar-refractivity contribution in [1.29, 1.82) is 0 Å². The zero-order valence-electron chi connectivity index (χ0n) is 12.2. The Hall–Kier alpha value is -0.870. The highest BCUT2D eigenvalue weighted by Gasteiger charge is 2.39. The summed E-state index contributed by atoms with van der Waals surface area (Å²) in [6, 6.07) is 0. The maximum absolute atomic E-state index is 11.6. The van der Waals surface area contributed by atoms with E-state index < -0.39 is 0 Å². The highest BCUT2D eigenvalue weighted by molar-refractivity contribution is 5.78. The predicted molar refractivity (Wildman–Crippen MR) is 75.5 cm³/mol. The van der Waals surface area contributed by atoms with Crippen LogP contribution >= 0.6 is 0 Å². The van der Waals surface area contributed by atoms with Crippen LogP contribution in [0.3, 0.4) is 0 Å². The average Bonchev–Trinajstić information content (AvgIpc) is 2.53. The van der Waals surface area contributed by atoms with Gasteiger partial charge in [0.2, 0.25) is 5.91 Å². The summed E-state index contributed by atoms with van der Waals surface area (Å²) in [5.41, 5.74) is 0.228. The van der Waals surface area contributed by atoms with Crippen LogP contribution in [0.1, 0.15) is 20.3 Å². The number of carbonyl (C=O) groups is 1. The molecule has 104 valence electrons. The van der Waals surface area contributed by atoms with Crippen LogP contribution in [0.15, 0.2) is 12.7 Å². The molecule has 1 amide bonds. The Morgan fingerprint density at radius 1 is 1.61 bits per heavy atom. The second-order valence-electron chi connectivity index (χ2n) is 5.85. The fraction of sp³-hybridized carbons (Fsp3) is 0.786. The summed E-state index contributed by atoms with van der Waals surface area (Å²) in [6.45, 7) is 11.3. The van der Waals surface area contributed by atoms with Gasteiger partial charge in [-0.2, -0.15) is 0 Å². The van der Waals surface area contributed by atoms with E-state index >= 15 is 0 Å². The summed E-state index contributed by atoms with van der Waals surface area (Å²) in [7, 11) is 4.19. The summed E-state index contributed by atoms with van der Waals surface area (Å²) in [6.07, 6.45) is 2.91. The highest BCUT2D eigenvalue weighted by atomic mass is 16.2. The number of carbonyl (C=O) groups excluding carboxylic acids is 1. The molecule has 1 heterocycles. The number of nitrogens with zero attached hydrogens (tertiary/aromatic N) is 2. The Morgan fingerprint density at radius 2 is 2.28 bits per heavy atom. The van der Waals surface area contributed by atoms with E-state index in [0.717, 1.165) is 13.1 Å². The normalized spacial score (nSPS) is 23.3. The van der Waals surface area contributed by atoms with Crippen LogP contribution in [0.5, 0.6) is 0 Å². The average molecular weight is 253 g/mol. The standard InChI is InChI=1S/C14H27N3O/c1-6-8-15-13(18)11-16(4)10-12-7-9-17(5)14(12,2)3/h6,12H,1,7-11H2,2-5H3,(H,15,18). The minimum atomic E-state index is 0.0709. The first kappa shape index (κ1) is 15.2. The van der Waals surface area contributed by atoms with Crippen molar-refractivity contribution >= 4 is 5.91 Å². The molecule has 4 nitrogen and oxygen atoms in total. The topological polar surface area (TPSA) is 35.6 Å². The third-order valence-electron chi connectivity index (χ3n) is 4.19. The van der Waals surface area contributed by atoms with Gasteiger partial charge < -0.3 is 10.2 Å². The fourth-order valence-corrected chi connectivity index (χ4v) is 2.55. The number of hydrogen-bond acceptors (Lipinski definition) is 3. The van der Waals surface area contributed by atoms with Gasteiger partial charge in [0.1, 0.15) is 0 Å². The first-order chi connectivity index (χ1) is 8.37. The van der Waals surface area contributed by atoms with Gasteiger partial charge in [0.25, 0.3) is 0 Å². The second kappa shape index (κ2) is 6.34. The maximum atomic E-state index is 11.6. The van der Waals surface area contributed by atoms with Crippen molar-refractivity contribution in [2.24, 2.45) is 5.92 Å². The van der Waals surface area contributed by atoms with Crippen molar-refractivity contribution in [2.45, 2.75) is 25.8 Å². The summed E-state index contributed by atoms with van der Waals surface area (Å²) >= 11 is 0. The van der Waals surface area contributed by atoms with E-state index in [1.165, 1.54) is 6.42 Å². The second-order valence-corrected chi connectivity index (χ2v) is 5.85. The summed E-state index contributed by atoms with van der Waals surface area (Å²) in [4.78, 5) is 16.1. The fourth-order valence-electron chi connectivity index (χ4n) is 2.55. The van der Waals surface area contributed by atoms with E-state index in [9.17, 15) is 4.79 Å². The van der Waals surface area contributed by atoms with E-state index in [1.54, 1.807) is 6.08 Å². The molecule has 1 aliphatic heterocycles. The predicted octanol–water partition coefficient (Wildman–Crippen LogP) is 0.951. The zero-order chi connectivity index (χ0) is 13.8. The molecule has 0 bridgehead atoms. The van der Waals surface area contributed by atoms with Gasteiger partial charge in [-0.15, -0.1) is 6.58 Å². The first-order valence-electron chi connectivity index (χ1n) is 6.65. The van der Waals surface area contributed by atoms with Gasteiger partial charge in [0.05, 0.1) is 6.54 Å². The molecule has 1 aliphatic rings. The summed E-state index contributed by atoms with van der Waals surface area (Å²) < 4.78 is 0. The van der Waals surface area contributed by atoms with Crippen molar-refractivity contribution in [3.8, 4) is 0 Å². The van der Waals surface area contributed by atoms with Crippen LogP contribution in [0.25, 0.3) is 0 Å². The third kappa shape index (κ3) is 3.82. The number of rotatable bonds is 6. The molecule has 0 aromatic rings. The van der Waals surface area contributed by atoms with Crippen LogP contribution in [-0.2, 0) is 4.79 Å². The van der Waals surface area contributed by atoms with Crippen molar-refractivity contribution in [3.05, 3.63) is 12.7 Å². The van der Waals surface area contributed by atoms with E-state index in [0.29, 0.717) is 19.0 Å². The molecule has 18 heavy (non-hydrogen) atoms. The van der Waals surface area contributed by atoms with Crippen LogP contribution < -0.4 is 5.32 Å². The van der Waals surface area contributed by atoms with Crippen LogP contribution in [0.2, 0.25) is 0 Å². The molecule has 1 rings (SSSR count). The van der Waals surface area contributed by atoms with Crippen molar-refractivity contribution < 1.29 is 4.79 Å². The summed E-state index contributed by atoms with van der Waals surface area (Å²) in [5, 5.41) is 2.81. The molecule has 0 aromatic heterocycles. The molecule has 0 aliphatic carbocycles. The van der Waals surface area contributed by atoms with Gasteiger partial charge in [-0.1, -0.05) is 6.08 Å². The first-order valence-corrected chi connectivity index (χ1v) is 6.65. The van der Waals surface area contributed by atoms with Crippen molar-refractivity contribution in [1.82, 2.24) is 15.1 Å². The molecular formula is C14H27N3O. The van der Waals surface area contributed by atoms with E-state index in [1.807, 2.05) is 7.05 Å². The molecule has 1 N–H and O–H groups in total. The van der Waals surface area contributed by atoms with E-state index in [-0.39, 0.29) is 11.4 Å². The van der Waals surface area contributed by atoms with E-state index in [4.69, 9.17) is 0 Å². The molecule has 1 unspecified atom stereocenters. The number of hydrogen-bond donors (Lipinski definition) is 1. The third-order valence-corrected chi connectivity index (χ3v) is 4.19. The van der Waals surface area contributed by atoms with E-state index in [2.05, 4.69) is 42.6 Å². The number of amides is 1. The van der Waals surface area contributed by atoms with Gasteiger partial charge in [-0.3, -0.25) is 9.69 Å². The number of likely N-dealkylation sites (tertiary alicyclic amines) is 1. The van der Waals surface area contributed by atoms with Gasteiger partial charge in [-0.25, -0.2) is 0 Å². The minimum Gasteiger partial charge on any atom is -0.352 e. The Morgan fingerprint density at radius 3 is 2.78 bits per heavy atom. The molecule has 1 saturated heterocycles. The van der Waals surface area contributed by atoms with Crippen molar-refractivity contribution in [3.63, 3.8) is 0 Å². The van der Waals surface area contributed by atoms with Crippen LogP contribution in [0, 0.1) is 5.92 Å². The van der Waals surface area contributed by atoms with Crippen molar-refractivity contribution in [2.75, 3.05) is 40.3 Å². The molecule has 1 fully saturated rings. The maximum Gasteiger partial charge on any atom is 0.234 e. The lowest BCUT2D eigenvalue weighted by Gasteiger charge is -2.35. The molecule has 0 radical (unpaired) electrons. The molecule has 0 aromatic carbocycles. The molecule has 4 heteroatoms. The van der Waals surface area contributed by atoms with Gasteiger partial charge >= 0.3 is 0 Å². The monoisotopic (exact) mass is 253 g/mol. The molecule has 0 saturated carbocycles. The quantitative estimate of drug-likeness (QED) is 0.716. The largest absolute Gasteiger partial charge is 0.352 e. The van der Waals surface area contributed by atoms with Crippen LogP contribution in [0.4, 0.5) is 0 Å². The van der Waals surface area contributed by atoms with Gasteiger partial charge in [0, 0.05) is 18.6 Å². The Balaban J connectivity index is 2.38. The lowest BCUT2D eigenvalue weighted by molar-refractivity contribution is -0.121. The Bertz CT molecular complexity index is 301. The van der Waals surface area contributed by atoms with Gasteiger partial charge in [0.15, 0.2) is 0 Å². The molecule has 1 atom stereocenters. The highest BCUT2D eigenvalue weighted by Crippen LogP contribution is 2.33.